The molecule has 0 radical (unpaired) electrons. The van der Waals surface area contributed by atoms with Gasteiger partial charge in [0.25, 0.3) is 0 Å². The predicted molar refractivity (Wildman–Crippen MR) is 78.3 cm³/mol. The van der Waals surface area contributed by atoms with Crippen LogP contribution in [0.15, 0.2) is 60.9 Å². The molecule has 0 aliphatic heterocycles. The molecular weight excluding hydrogens is 250 g/mol. The largest absolute Gasteiger partial charge is 0.387 e. The lowest BCUT2D eigenvalue weighted by atomic mass is 10.1. The van der Waals surface area contributed by atoms with Crippen LogP contribution in [0, 0.1) is 0 Å². The van der Waals surface area contributed by atoms with Crippen molar-refractivity contribution in [2.75, 3.05) is 6.54 Å². The third kappa shape index (κ3) is 2.71. The number of hydrogen-bond donors (Lipinski definition) is 2. The van der Waals surface area contributed by atoms with Gasteiger partial charge < -0.3 is 10.4 Å². The molecule has 2 heterocycles. The highest BCUT2D eigenvalue weighted by molar-refractivity contribution is 5.53. The van der Waals surface area contributed by atoms with Gasteiger partial charge >= 0.3 is 0 Å². The Balaban J connectivity index is 1.60. The van der Waals surface area contributed by atoms with Gasteiger partial charge in [-0.3, -0.25) is 0 Å². The second kappa shape index (κ2) is 5.86. The number of rotatable bonds is 5. The summed E-state index contributed by atoms with van der Waals surface area (Å²) in [5, 5.41) is 17.6. The SMILES string of the molecule is OC(CNCc1cnn2ccccc12)c1ccccc1. The number of fused-ring (bicyclic) bond motifs is 1. The van der Waals surface area contributed by atoms with Gasteiger partial charge in [0, 0.05) is 24.8 Å². The lowest BCUT2D eigenvalue weighted by Crippen LogP contribution is -2.20. The van der Waals surface area contributed by atoms with E-state index in [9.17, 15) is 5.11 Å². The molecule has 1 unspecified atom stereocenters. The molecule has 3 rings (SSSR count). The quantitative estimate of drug-likeness (QED) is 0.745. The molecule has 102 valence electrons. The second-order valence-electron chi connectivity index (χ2n) is 4.76. The zero-order chi connectivity index (χ0) is 13.8. The van der Waals surface area contributed by atoms with Crippen LogP contribution in [0.1, 0.15) is 17.2 Å². The van der Waals surface area contributed by atoms with Crippen LogP contribution in [0.4, 0.5) is 0 Å². The number of hydrogen-bond acceptors (Lipinski definition) is 3. The zero-order valence-electron chi connectivity index (χ0n) is 11.1. The van der Waals surface area contributed by atoms with Crippen LogP contribution in [0.25, 0.3) is 5.52 Å². The van der Waals surface area contributed by atoms with E-state index in [4.69, 9.17) is 0 Å². The van der Waals surface area contributed by atoms with Gasteiger partial charge in [0.1, 0.15) is 0 Å². The average Bonchev–Trinajstić information content (AvgIpc) is 2.92. The first-order valence-corrected chi connectivity index (χ1v) is 6.69. The molecule has 4 nitrogen and oxygen atoms in total. The van der Waals surface area contributed by atoms with Gasteiger partial charge in [-0.05, 0) is 17.7 Å². The topological polar surface area (TPSA) is 49.6 Å². The molecule has 0 aliphatic carbocycles. The standard InChI is InChI=1S/C16H17N3O/c20-16(13-6-2-1-3-7-13)12-17-10-14-11-18-19-9-5-4-8-15(14)19/h1-9,11,16-17,20H,10,12H2. The van der Waals surface area contributed by atoms with E-state index >= 15 is 0 Å². The Bertz CT molecular complexity index is 678. The Hall–Kier alpha value is -2.17. The first-order valence-electron chi connectivity index (χ1n) is 6.69. The fraction of sp³-hybridized carbons (Fsp3) is 0.188. The maximum atomic E-state index is 10.1. The van der Waals surface area contributed by atoms with Crippen molar-refractivity contribution in [3.8, 4) is 0 Å². The number of nitrogens with zero attached hydrogens (tertiary/aromatic N) is 2. The first kappa shape index (κ1) is 12.8. The van der Waals surface area contributed by atoms with Crippen molar-refractivity contribution >= 4 is 5.52 Å². The number of aromatic nitrogens is 2. The van der Waals surface area contributed by atoms with E-state index in [0.717, 1.165) is 16.6 Å². The highest BCUT2D eigenvalue weighted by atomic mass is 16.3. The van der Waals surface area contributed by atoms with Crippen molar-refractivity contribution in [1.82, 2.24) is 14.9 Å². The smallest absolute Gasteiger partial charge is 0.0914 e. The molecule has 4 heteroatoms. The summed E-state index contributed by atoms with van der Waals surface area (Å²) in [7, 11) is 0. The highest BCUT2D eigenvalue weighted by Crippen LogP contribution is 2.12. The normalized spacial score (nSPS) is 12.7. The minimum atomic E-state index is -0.488. The van der Waals surface area contributed by atoms with Crippen molar-refractivity contribution in [3.05, 3.63) is 72.1 Å². The van der Waals surface area contributed by atoms with Gasteiger partial charge in [0.05, 0.1) is 17.8 Å². The predicted octanol–water partition coefficient (Wildman–Crippen LogP) is 2.16. The molecule has 1 aromatic carbocycles. The Morgan fingerprint density at radius 3 is 2.75 bits per heavy atom. The van der Waals surface area contributed by atoms with Gasteiger partial charge in [-0.25, -0.2) is 4.52 Å². The van der Waals surface area contributed by atoms with Crippen LogP contribution in [0.3, 0.4) is 0 Å². The summed E-state index contributed by atoms with van der Waals surface area (Å²) in [6.07, 6.45) is 3.30. The average molecular weight is 267 g/mol. The van der Waals surface area contributed by atoms with E-state index in [-0.39, 0.29) is 0 Å². The van der Waals surface area contributed by atoms with E-state index in [2.05, 4.69) is 10.4 Å². The van der Waals surface area contributed by atoms with Gasteiger partial charge in [-0.1, -0.05) is 36.4 Å². The van der Waals surface area contributed by atoms with Crippen LogP contribution in [0.5, 0.6) is 0 Å². The zero-order valence-corrected chi connectivity index (χ0v) is 11.1. The van der Waals surface area contributed by atoms with Crippen LogP contribution in [-0.2, 0) is 6.54 Å². The van der Waals surface area contributed by atoms with Crippen LogP contribution < -0.4 is 5.32 Å². The summed E-state index contributed by atoms with van der Waals surface area (Å²) < 4.78 is 1.85. The summed E-state index contributed by atoms with van der Waals surface area (Å²) in [4.78, 5) is 0. The third-order valence-corrected chi connectivity index (χ3v) is 3.34. The molecule has 2 N–H and O–H groups in total. The Morgan fingerprint density at radius 1 is 1.10 bits per heavy atom. The molecule has 0 saturated heterocycles. The molecule has 0 saturated carbocycles. The maximum Gasteiger partial charge on any atom is 0.0914 e. The molecule has 20 heavy (non-hydrogen) atoms. The summed E-state index contributed by atoms with van der Waals surface area (Å²) in [5.41, 5.74) is 3.15. The van der Waals surface area contributed by atoms with Crippen molar-refractivity contribution in [1.29, 1.82) is 0 Å². The number of aliphatic hydroxyl groups excluding tert-OH is 1. The van der Waals surface area contributed by atoms with Crippen molar-refractivity contribution in [2.45, 2.75) is 12.6 Å². The summed E-state index contributed by atoms with van der Waals surface area (Å²) in [6, 6.07) is 15.7. The van der Waals surface area contributed by atoms with Crippen molar-refractivity contribution in [3.63, 3.8) is 0 Å². The van der Waals surface area contributed by atoms with Gasteiger partial charge in [-0.2, -0.15) is 5.10 Å². The summed E-state index contributed by atoms with van der Waals surface area (Å²) >= 11 is 0. The van der Waals surface area contributed by atoms with Crippen LogP contribution in [0.2, 0.25) is 0 Å². The van der Waals surface area contributed by atoms with E-state index in [1.54, 1.807) is 0 Å². The van der Waals surface area contributed by atoms with E-state index < -0.39 is 6.10 Å². The minimum absolute atomic E-state index is 0.488. The van der Waals surface area contributed by atoms with Crippen LogP contribution >= 0.6 is 0 Å². The minimum Gasteiger partial charge on any atom is -0.387 e. The summed E-state index contributed by atoms with van der Waals surface area (Å²) in [5.74, 6) is 0. The van der Waals surface area contributed by atoms with E-state index in [0.29, 0.717) is 13.1 Å². The lowest BCUT2D eigenvalue weighted by molar-refractivity contribution is 0.174. The first-order chi connectivity index (χ1) is 9.84. The van der Waals surface area contributed by atoms with Gasteiger partial charge in [-0.15, -0.1) is 0 Å². The van der Waals surface area contributed by atoms with Gasteiger partial charge in [0.2, 0.25) is 0 Å². The van der Waals surface area contributed by atoms with Crippen LogP contribution in [-0.4, -0.2) is 21.3 Å². The van der Waals surface area contributed by atoms with E-state index in [1.807, 2.05) is 65.4 Å². The Morgan fingerprint density at radius 2 is 1.90 bits per heavy atom. The van der Waals surface area contributed by atoms with Gasteiger partial charge in [0.15, 0.2) is 0 Å². The molecule has 2 aromatic heterocycles. The second-order valence-corrected chi connectivity index (χ2v) is 4.76. The number of aliphatic hydroxyl groups is 1. The monoisotopic (exact) mass is 267 g/mol. The fourth-order valence-corrected chi connectivity index (χ4v) is 2.26. The number of nitrogens with one attached hydrogen (secondary N) is 1. The molecule has 0 fully saturated rings. The fourth-order valence-electron chi connectivity index (χ4n) is 2.26. The molecule has 3 aromatic rings. The molecule has 1 atom stereocenters. The molecule has 0 bridgehead atoms. The van der Waals surface area contributed by atoms with E-state index in [1.165, 1.54) is 0 Å². The van der Waals surface area contributed by atoms with Crippen molar-refractivity contribution in [2.24, 2.45) is 0 Å². The Kier molecular flexibility index (Phi) is 3.76. The summed E-state index contributed by atoms with van der Waals surface area (Å²) in [6.45, 7) is 1.21. The molecule has 0 amide bonds. The highest BCUT2D eigenvalue weighted by Gasteiger charge is 2.07. The molecule has 0 aliphatic rings. The number of benzene rings is 1. The maximum absolute atomic E-state index is 10.1. The molecular formula is C16H17N3O. The number of pyridine rings is 1. The Labute approximate surface area is 117 Å². The lowest BCUT2D eigenvalue weighted by Gasteiger charge is -2.11. The van der Waals surface area contributed by atoms with Crippen molar-refractivity contribution < 1.29 is 5.11 Å². The molecule has 0 spiro atoms. The third-order valence-electron chi connectivity index (χ3n) is 3.34.